The second-order valence-electron chi connectivity index (χ2n) is 13.9. The zero-order chi connectivity index (χ0) is 30.8. The summed E-state index contributed by atoms with van der Waals surface area (Å²) in [6.45, 7) is 5.74. The van der Waals surface area contributed by atoms with E-state index in [2.05, 4.69) is 5.32 Å². The lowest BCUT2D eigenvalue weighted by molar-refractivity contribution is -0.176. The number of hydrogen-bond acceptors (Lipinski definition) is 7. The van der Waals surface area contributed by atoms with Crippen molar-refractivity contribution < 1.29 is 37.4 Å². The number of halogens is 2. The molecule has 10 nitrogen and oxygen atoms in total. The van der Waals surface area contributed by atoms with E-state index in [-0.39, 0.29) is 43.5 Å². The number of nitrogens with one attached hydrogen (secondary N) is 1. The summed E-state index contributed by atoms with van der Waals surface area (Å²) in [5.41, 5.74) is 0.744. The number of carbonyl (C=O) groups excluding carboxylic acids is 4. The third kappa shape index (κ3) is 5.17. The summed E-state index contributed by atoms with van der Waals surface area (Å²) >= 11 is 0. The summed E-state index contributed by atoms with van der Waals surface area (Å²) in [6, 6.07) is 3.28. The molecule has 6 aliphatic rings. The van der Waals surface area contributed by atoms with E-state index in [4.69, 9.17) is 9.47 Å². The zero-order valence-corrected chi connectivity index (χ0v) is 25.1. The van der Waals surface area contributed by atoms with Crippen molar-refractivity contribution in [3.05, 3.63) is 29.3 Å². The van der Waals surface area contributed by atoms with Crippen molar-refractivity contribution in [2.45, 2.75) is 82.5 Å². The molecular formula is C32H40F2N4O6. The minimum absolute atomic E-state index is 0.165. The summed E-state index contributed by atoms with van der Waals surface area (Å²) in [6.07, 6.45) is 2.27. The van der Waals surface area contributed by atoms with Gasteiger partial charge in [-0.05, 0) is 74.6 Å². The molecule has 0 aromatic heterocycles. The molecule has 1 unspecified atom stereocenters. The van der Waals surface area contributed by atoms with Crippen molar-refractivity contribution in [3.63, 3.8) is 0 Å². The van der Waals surface area contributed by atoms with Gasteiger partial charge in [0, 0.05) is 51.1 Å². The van der Waals surface area contributed by atoms with Crippen LogP contribution in [0.15, 0.2) is 18.2 Å². The van der Waals surface area contributed by atoms with Crippen LogP contribution >= 0.6 is 0 Å². The third-order valence-corrected chi connectivity index (χ3v) is 10.7. The molecule has 0 spiro atoms. The van der Waals surface area contributed by atoms with Gasteiger partial charge in [0.2, 0.25) is 17.7 Å². The quantitative estimate of drug-likeness (QED) is 0.491. The Kier molecular flexibility index (Phi) is 7.43. The Morgan fingerprint density at radius 3 is 2.48 bits per heavy atom. The number of amides is 4. The Labute approximate surface area is 255 Å². The van der Waals surface area contributed by atoms with Gasteiger partial charge in [-0.25, -0.2) is 8.78 Å². The molecule has 12 heteroatoms. The first kappa shape index (κ1) is 29.6. The highest BCUT2D eigenvalue weighted by atomic mass is 19.3. The lowest BCUT2D eigenvalue weighted by Gasteiger charge is -2.53. The maximum atomic E-state index is 15.5. The van der Waals surface area contributed by atoms with Crippen molar-refractivity contribution in [2.75, 3.05) is 39.4 Å². The highest BCUT2D eigenvalue weighted by Crippen LogP contribution is 2.44. The van der Waals surface area contributed by atoms with Crippen molar-refractivity contribution >= 4 is 23.6 Å². The van der Waals surface area contributed by atoms with Gasteiger partial charge in [0.05, 0.1) is 18.6 Å². The van der Waals surface area contributed by atoms with Gasteiger partial charge in [0.1, 0.15) is 23.9 Å². The Hall–Kier alpha value is -3.12. The molecule has 5 fully saturated rings. The standard InChI is InChI=1S/C32H40F2N4O6/c1-31(17-43-18-31)30(42)36-11-8-19(9-12-36)21-14-37(15-21)27-25(3-2-10-32(27,33)34)44-22-4-5-23-20(13-22)16-38(29(23)41)24-6-7-26(39)35-28(24)40/h4-5,13,19,21,24-25,27H,2-3,6-12,14-18H2,1H3,(H,35,39,40)/t24?,25-,27+/m0/s1. The van der Waals surface area contributed by atoms with E-state index in [1.807, 2.05) is 16.7 Å². The summed E-state index contributed by atoms with van der Waals surface area (Å²) < 4.78 is 42.5. The molecule has 4 amide bonds. The minimum atomic E-state index is -2.88. The van der Waals surface area contributed by atoms with Gasteiger partial charge in [-0.3, -0.25) is 29.4 Å². The molecule has 1 N–H and O–H groups in total. The van der Waals surface area contributed by atoms with E-state index in [9.17, 15) is 19.2 Å². The van der Waals surface area contributed by atoms with Gasteiger partial charge < -0.3 is 19.3 Å². The number of fused-ring (bicyclic) bond motifs is 1. The number of nitrogens with zero attached hydrogens (tertiary/aromatic N) is 3. The van der Waals surface area contributed by atoms with Crippen molar-refractivity contribution in [1.82, 2.24) is 20.0 Å². The first-order valence-electron chi connectivity index (χ1n) is 16.0. The van der Waals surface area contributed by atoms with Gasteiger partial charge in [-0.2, -0.15) is 0 Å². The number of carbonyl (C=O) groups is 4. The predicted octanol–water partition coefficient (Wildman–Crippen LogP) is 2.59. The summed E-state index contributed by atoms with van der Waals surface area (Å²) in [7, 11) is 0. The van der Waals surface area contributed by atoms with E-state index in [0.717, 1.165) is 12.8 Å². The van der Waals surface area contributed by atoms with Crippen LogP contribution in [0.1, 0.15) is 67.8 Å². The van der Waals surface area contributed by atoms with E-state index in [0.29, 0.717) is 80.9 Å². The Balaban J connectivity index is 0.974. The van der Waals surface area contributed by atoms with Crippen LogP contribution in [0.3, 0.4) is 0 Å². The average molecular weight is 615 g/mol. The number of imide groups is 1. The lowest BCUT2D eigenvalue weighted by atomic mass is 9.76. The molecule has 5 heterocycles. The fraction of sp³-hybridized carbons (Fsp3) is 0.688. The Bertz CT molecular complexity index is 1350. The number of likely N-dealkylation sites (tertiary alicyclic amines) is 2. The summed E-state index contributed by atoms with van der Waals surface area (Å²) in [4.78, 5) is 55.2. The average Bonchev–Trinajstić information content (AvgIpc) is 3.27. The number of ether oxygens (including phenoxy) is 2. The van der Waals surface area contributed by atoms with Gasteiger partial charge in [0.25, 0.3) is 11.8 Å². The van der Waals surface area contributed by atoms with Crippen LogP contribution in [0.25, 0.3) is 0 Å². The molecule has 44 heavy (non-hydrogen) atoms. The fourth-order valence-corrected chi connectivity index (χ4v) is 8.10. The highest BCUT2D eigenvalue weighted by molar-refractivity contribution is 6.05. The molecule has 4 saturated heterocycles. The molecule has 1 saturated carbocycles. The second-order valence-corrected chi connectivity index (χ2v) is 13.9. The summed E-state index contributed by atoms with van der Waals surface area (Å²) in [5, 5.41) is 2.30. The molecule has 0 bridgehead atoms. The van der Waals surface area contributed by atoms with E-state index in [1.165, 1.54) is 4.90 Å². The smallest absolute Gasteiger partial charge is 0.266 e. The molecular weight excluding hydrogens is 574 g/mol. The van der Waals surface area contributed by atoms with Crippen LogP contribution < -0.4 is 10.1 Å². The number of alkyl halides is 2. The maximum Gasteiger partial charge on any atom is 0.266 e. The second kappa shape index (κ2) is 11.0. The van der Waals surface area contributed by atoms with Crippen LogP contribution in [0.5, 0.6) is 5.75 Å². The first-order chi connectivity index (χ1) is 21.0. The number of benzene rings is 1. The van der Waals surface area contributed by atoms with Crippen molar-refractivity contribution in [3.8, 4) is 5.75 Å². The normalized spacial score (nSPS) is 30.8. The first-order valence-corrected chi connectivity index (χ1v) is 16.0. The van der Waals surface area contributed by atoms with Crippen LogP contribution in [0.4, 0.5) is 8.78 Å². The molecule has 7 rings (SSSR count). The molecule has 5 aliphatic heterocycles. The Morgan fingerprint density at radius 2 is 1.80 bits per heavy atom. The number of hydrogen-bond donors (Lipinski definition) is 1. The van der Waals surface area contributed by atoms with Crippen molar-refractivity contribution in [1.29, 1.82) is 0 Å². The van der Waals surface area contributed by atoms with E-state index >= 15 is 8.78 Å². The highest BCUT2D eigenvalue weighted by Gasteiger charge is 2.55. The largest absolute Gasteiger partial charge is 0.489 e. The lowest BCUT2D eigenvalue weighted by Crippen LogP contribution is -2.66. The molecule has 1 aliphatic carbocycles. The fourth-order valence-electron chi connectivity index (χ4n) is 8.10. The molecule has 1 aromatic rings. The molecule has 0 radical (unpaired) electrons. The SMILES string of the molecule is CC1(C(=O)N2CCC(C3CN([C@@H]4[C@@H](Oc5ccc6c(c5)CN(C5CCC(=O)NC5=O)C6=O)CCCC4(F)F)C3)CC2)COC1. The maximum absolute atomic E-state index is 15.5. The predicted molar refractivity (Wildman–Crippen MR) is 153 cm³/mol. The van der Waals surface area contributed by atoms with E-state index in [1.54, 1.807) is 18.2 Å². The zero-order valence-electron chi connectivity index (χ0n) is 25.1. The van der Waals surface area contributed by atoms with Crippen LogP contribution in [-0.4, -0.2) is 102 Å². The monoisotopic (exact) mass is 614 g/mol. The van der Waals surface area contributed by atoms with Gasteiger partial charge in [-0.1, -0.05) is 0 Å². The number of piperidine rings is 2. The number of rotatable bonds is 6. The minimum Gasteiger partial charge on any atom is -0.489 e. The van der Waals surface area contributed by atoms with Crippen LogP contribution in [0.2, 0.25) is 0 Å². The van der Waals surface area contributed by atoms with Gasteiger partial charge in [0.15, 0.2) is 0 Å². The van der Waals surface area contributed by atoms with Crippen LogP contribution in [0, 0.1) is 17.3 Å². The molecule has 1 aromatic carbocycles. The van der Waals surface area contributed by atoms with Crippen LogP contribution in [-0.2, 0) is 25.7 Å². The van der Waals surface area contributed by atoms with Gasteiger partial charge in [-0.15, -0.1) is 0 Å². The van der Waals surface area contributed by atoms with E-state index < -0.39 is 35.4 Å². The van der Waals surface area contributed by atoms with Gasteiger partial charge >= 0.3 is 0 Å². The Morgan fingerprint density at radius 1 is 1.05 bits per heavy atom. The summed E-state index contributed by atoms with van der Waals surface area (Å²) in [5.74, 6) is -2.62. The van der Waals surface area contributed by atoms with Crippen molar-refractivity contribution in [2.24, 2.45) is 17.3 Å². The molecule has 238 valence electrons. The third-order valence-electron chi connectivity index (χ3n) is 10.7. The topological polar surface area (TPSA) is 108 Å². The molecule has 3 atom stereocenters.